The van der Waals surface area contributed by atoms with Crippen molar-refractivity contribution in [2.75, 3.05) is 0 Å². The highest BCUT2D eigenvalue weighted by Crippen LogP contribution is 2.34. The van der Waals surface area contributed by atoms with Crippen molar-refractivity contribution >= 4 is 28.3 Å². The van der Waals surface area contributed by atoms with Gasteiger partial charge in [0.1, 0.15) is 5.82 Å². The topological polar surface area (TPSA) is 51.0 Å². The van der Waals surface area contributed by atoms with Crippen molar-refractivity contribution in [3.05, 3.63) is 71.0 Å². The second kappa shape index (κ2) is 7.89. The zero-order chi connectivity index (χ0) is 21.5. The molecular formula is C24H23FN4OS. The zero-order valence-electron chi connectivity index (χ0n) is 17.5. The SMILES string of the molecule is CC(C)n1ncc2c(C(=O)N(Cc3ccc(F)cc3)C3CC3)cc(-c3cccs3)nc21. The molecular weight excluding hydrogens is 411 g/mol. The minimum atomic E-state index is -0.273. The Kier molecular flexibility index (Phi) is 5.06. The molecule has 5 rings (SSSR count). The summed E-state index contributed by atoms with van der Waals surface area (Å²) in [7, 11) is 0. The number of hydrogen-bond donors (Lipinski definition) is 0. The first kappa shape index (κ1) is 19.9. The molecule has 0 N–H and O–H groups in total. The van der Waals surface area contributed by atoms with Gasteiger partial charge in [-0.15, -0.1) is 11.3 Å². The number of rotatable bonds is 6. The van der Waals surface area contributed by atoms with Crippen LogP contribution >= 0.6 is 11.3 Å². The average molecular weight is 435 g/mol. The Hall–Kier alpha value is -3.06. The van der Waals surface area contributed by atoms with Gasteiger partial charge in [0.25, 0.3) is 5.91 Å². The van der Waals surface area contributed by atoms with E-state index in [-0.39, 0.29) is 23.8 Å². The second-order valence-corrected chi connectivity index (χ2v) is 9.19. The molecule has 0 saturated heterocycles. The van der Waals surface area contributed by atoms with Gasteiger partial charge in [-0.2, -0.15) is 5.10 Å². The summed E-state index contributed by atoms with van der Waals surface area (Å²) >= 11 is 1.60. The van der Waals surface area contributed by atoms with Crippen LogP contribution < -0.4 is 0 Å². The summed E-state index contributed by atoms with van der Waals surface area (Å²) in [6.07, 6.45) is 3.73. The first-order valence-electron chi connectivity index (χ1n) is 10.5. The number of pyridine rings is 1. The molecule has 1 saturated carbocycles. The summed E-state index contributed by atoms with van der Waals surface area (Å²) in [5.74, 6) is -0.300. The van der Waals surface area contributed by atoms with E-state index in [4.69, 9.17) is 4.98 Å². The lowest BCUT2D eigenvalue weighted by atomic mass is 10.1. The molecule has 1 aliphatic rings. The molecule has 7 heteroatoms. The molecule has 0 aliphatic heterocycles. The van der Waals surface area contributed by atoms with Crippen LogP contribution in [-0.4, -0.2) is 31.6 Å². The Morgan fingerprint density at radius 1 is 1.26 bits per heavy atom. The molecule has 0 radical (unpaired) electrons. The summed E-state index contributed by atoms with van der Waals surface area (Å²) in [6, 6.07) is 12.6. The van der Waals surface area contributed by atoms with E-state index in [1.165, 1.54) is 12.1 Å². The van der Waals surface area contributed by atoms with Crippen LogP contribution in [0.25, 0.3) is 21.6 Å². The van der Waals surface area contributed by atoms with Crippen LogP contribution in [0.3, 0.4) is 0 Å². The van der Waals surface area contributed by atoms with Crippen LogP contribution in [0.15, 0.2) is 54.0 Å². The molecule has 1 aliphatic carbocycles. The number of aromatic nitrogens is 3. The summed E-state index contributed by atoms with van der Waals surface area (Å²) < 4.78 is 15.2. The first-order chi connectivity index (χ1) is 15.0. The van der Waals surface area contributed by atoms with Gasteiger partial charge in [-0.3, -0.25) is 4.79 Å². The lowest BCUT2D eigenvalue weighted by Gasteiger charge is -2.23. The number of benzene rings is 1. The van der Waals surface area contributed by atoms with Crippen LogP contribution in [0.4, 0.5) is 4.39 Å². The van der Waals surface area contributed by atoms with Crippen LogP contribution in [0.5, 0.6) is 0 Å². The fraction of sp³-hybridized carbons (Fsp3) is 0.292. The fourth-order valence-electron chi connectivity index (χ4n) is 3.82. The second-order valence-electron chi connectivity index (χ2n) is 8.24. The molecule has 0 bridgehead atoms. The summed E-state index contributed by atoms with van der Waals surface area (Å²) in [4.78, 5) is 21.6. The Morgan fingerprint density at radius 2 is 2.03 bits per heavy atom. The molecule has 1 amide bonds. The molecule has 1 fully saturated rings. The van der Waals surface area contributed by atoms with Crippen molar-refractivity contribution in [1.82, 2.24) is 19.7 Å². The summed E-state index contributed by atoms with van der Waals surface area (Å²) in [6.45, 7) is 4.57. The van der Waals surface area contributed by atoms with E-state index >= 15 is 0 Å². The van der Waals surface area contributed by atoms with Crippen molar-refractivity contribution in [2.45, 2.75) is 45.3 Å². The van der Waals surface area contributed by atoms with E-state index < -0.39 is 0 Å². The van der Waals surface area contributed by atoms with Gasteiger partial charge in [0.2, 0.25) is 0 Å². The highest BCUT2D eigenvalue weighted by Gasteiger charge is 2.34. The standard InChI is InChI=1S/C24H23FN4OS/c1-15(2)29-23-20(13-26-29)19(12-21(27-23)22-4-3-11-31-22)24(30)28(18-9-10-18)14-16-5-7-17(25)8-6-16/h3-8,11-13,15,18H,9-10,14H2,1-2H3. The third kappa shape index (κ3) is 3.85. The molecule has 3 heterocycles. The van der Waals surface area contributed by atoms with Gasteiger partial charge in [-0.1, -0.05) is 18.2 Å². The number of halogens is 1. The van der Waals surface area contributed by atoms with Crippen molar-refractivity contribution < 1.29 is 9.18 Å². The number of hydrogen-bond acceptors (Lipinski definition) is 4. The van der Waals surface area contributed by atoms with E-state index in [0.29, 0.717) is 12.1 Å². The molecule has 4 aromatic rings. The smallest absolute Gasteiger partial charge is 0.255 e. The van der Waals surface area contributed by atoms with Gasteiger partial charge < -0.3 is 4.90 Å². The molecule has 3 aromatic heterocycles. The lowest BCUT2D eigenvalue weighted by Crippen LogP contribution is -2.32. The summed E-state index contributed by atoms with van der Waals surface area (Å²) in [5.41, 5.74) is 3.05. The molecule has 158 valence electrons. The summed E-state index contributed by atoms with van der Waals surface area (Å²) in [5, 5.41) is 7.29. The molecule has 0 atom stereocenters. The Morgan fingerprint density at radius 3 is 2.68 bits per heavy atom. The molecule has 5 nitrogen and oxygen atoms in total. The number of nitrogens with zero attached hydrogens (tertiary/aromatic N) is 4. The number of fused-ring (bicyclic) bond motifs is 1. The fourth-order valence-corrected chi connectivity index (χ4v) is 4.50. The maximum atomic E-state index is 13.8. The van der Waals surface area contributed by atoms with E-state index in [9.17, 15) is 9.18 Å². The van der Waals surface area contributed by atoms with Gasteiger partial charge in [0, 0.05) is 18.6 Å². The highest BCUT2D eigenvalue weighted by molar-refractivity contribution is 7.13. The third-order valence-electron chi connectivity index (χ3n) is 5.57. The number of thiophene rings is 1. The minimum Gasteiger partial charge on any atom is -0.331 e. The molecule has 0 spiro atoms. The average Bonchev–Trinajstić information content (AvgIpc) is 3.27. The van der Waals surface area contributed by atoms with Crippen LogP contribution in [0.1, 0.15) is 48.7 Å². The normalized spacial score (nSPS) is 13.8. The van der Waals surface area contributed by atoms with Crippen molar-refractivity contribution in [3.63, 3.8) is 0 Å². The van der Waals surface area contributed by atoms with Crippen molar-refractivity contribution in [2.24, 2.45) is 0 Å². The van der Waals surface area contributed by atoms with Crippen molar-refractivity contribution in [3.8, 4) is 10.6 Å². The van der Waals surface area contributed by atoms with Gasteiger partial charge in [0.15, 0.2) is 5.65 Å². The predicted octanol–water partition coefficient (Wildman–Crippen LogP) is 5.68. The Labute approximate surface area is 184 Å². The molecule has 1 aromatic carbocycles. The largest absolute Gasteiger partial charge is 0.331 e. The molecule has 0 unspecified atom stereocenters. The maximum Gasteiger partial charge on any atom is 0.255 e. The number of carbonyl (C=O) groups excluding carboxylic acids is 1. The van der Waals surface area contributed by atoms with Crippen LogP contribution in [0.2, 0.25) is 0 Å². The zero-order valence-corrected chi connectivity index (χ0v) is 18.3. The quantitative estimate of drug-likeness (QED) is 0.392. The van der Waals surface area contributed by atoms with E-state index in [1.54, 1.807) is 29.7 Å². The van der Waals surface area contributed by atoms with Crippen LogP contribution in [-0.2, 0) is 6.54 Å². The monoisotopic (exact) mass is 434 g/mol. The third-order valence-corrected chi connectivity index (χ3v) is 6.47. The van der Waals surface area contributed by atoms with Gasteiger partial charge >= 0.3 is 0 Å². The van der Waals surface area contributed by atoms with E-state index in [2.05, 4.69) is 18.9 Å². The van der Waals surface area contributed by atoms with Gasteiger partial charge in [-0.25, -0.2) is 14.1 Å². The highest BCUT2D eigenvalue weighted by atomic mass is 32.1. The number of carbonyl (C=O) groups is 1. The van der Waals surface area contributed by atoms with Crippen molar-refractivity contribution in [1.29, 1.82) is 0 Å². The molecule has 31 heavy (non-hydrogen) atoms. The minimum absolute atomic E-state index is 0.0275. The van der Waals surface area contributed by atoms with Gasteiger partial charge in [0.05, 0.1) is 27.7 Å². The van der Waals surface area contributed by atoms with Crippen LogP contribution in [0, 0.1) is 5.82 Å². The van der Waals surface area contributed by atoms with E-state index in [0.717, 1.165) is 40.0 Å². The Balaban J connectivity index is 1.60. The first-order valence-corrected chi connectivity index (χ1v) is 11.4. The Bertz CT molecular complexity index is 1230. The lowest BCUT2D eigenvalue weighted by molar-refractivity contribution is 0.0732. The van der Waals surface area contributed by atoms with Gasteiger partial charge in [-0.05, 0) is 61.9 Å². The predicted molar refractivity (Wildman–Crippen MR) is 121 cm³/mol. The number of amides is 1. The maximum absolute atomic E-state index is 13.8. The van der Waals surface area contributed by atoms with E-state index in [1.807, 2.05) is 33.2 Å².